The predicted molar refractivity (Wildman–Crippen MR) is 83.3 cm³/mol. The number of hydrogen-bond acceptors (Lipinski definition) is 2. The normalized spacial score (nSPS) is 10.7. The second kappa shape index (κ2) is 6.64. The maximum atomic E-state index is 10.6. The molecule has 0 aliphatic heterocycles. The Morgan fingerprint density at radius 1 is 0.900 bits per heavy atom. The molecule has 2 heteroatoms. The van der Waals surface area contributed by atoms with Crippen molar-refractivity contribution in [3.05, 3.63) is 77.4 Å². The molecule has 20 heavy (non-hydrogen) atoms. The first-order valence-electron chi connectivity index (χ1n) is 6.35. The van der Waals surface area contributed by atoms with Crippen molar-refractivity contribution in [3.8, 4) is 0 Å². The molecule has 0 spiro atoms. The van der Waals surface area contributed by atoms with Gasteiger partial charge in [0.2, 0.25) is 0 Å². The minimum atomic E-state index is -0.0295. The highest BCUT2D eigenvalue weighted by molar-refractivity contribution is 5.77. The van der Waals surface area contributed by atoms with Gasteiger partial charge in [0.05, 0.1) is 6.61 Å². The zero-order valence-electron chi connectivity index (χ0n) is 11.1. The Morgan fingerprint density at radius 3 is 1.80 bits per heavy atom. The van der Waals surface area contributed by atoms with E-state index < -0.39 is 0 Å². The number of carbonyl (C=O) groups excluding carboxylic acids is 1. The molecule has 0 aliphatic rings. The number of aliphatic hydroxyl groups excluding tert-OH is 1. The highest BCUT2D eigenvalue weighted by Crippen LogP contribution is 2.14. The van der Waals surface area contributed by atoms with E-state index in [0.29, 0.717) is 11.1 Å². The van der Waals surface area contributed by atoms with Gasteiger partial charge in [0.15, 0.2) is 0 Å². The van der Waals surface area contributed by atoms with Crippen molar-refractivity contribution in [1.82, 2.24) is 0 Å². The van der Waals surface area contributed by atoms with Crippen LogP contribution in [0.4, 0.5) is 0 Å². The zero-order valence-corrected chi connectivity index (χ0v) is 11.1. The lowest BCUT2D eigenvalue weighted by Crippen LogP contribution is -1.87. The molecule has 2 aromatic rings. The van der Waals surface area contributed by atoms with Crippen LogP contribution in [0.15, 0.2) is 55.1 Å². The van der Waals surface area contributed by atoms with Crippen LogP contribution in [-0.2, 0) is 0 Å². The maximum Gasteiger partial charge on any atom is 0.150 e. The number of aliphatic hydroxyl groups is 1. The summed E-state index contributed by atoms with van der Waals surface area (Å²) in [6.45, 7) is 3.76. The average Bonchev–Trinajstić information content (AvgIpc) is 2.53. The number of aldehydes is 1. The summed E-state index contributed by atoms with van der Waals surface area (Å²) in [5.41, 5.74) is 4.44. The van der Waals surface area contributed by atoms with Gasteiger partial charge in [-0.3, -0.25) is 4.79 Å². The highest BCUT2D eigenvalue weighted by atomic mass is 16.3. The number of rotatable bonds is 5. The molecule has 0 heterocycles. The van der Waals surface area contributed by atoms with Gasteiger partial charge in [-0.2, -0.15) is 0 Å². The van der Waals surface area contributed by atoms with Gasteiger partial charge in [-0.15, -0.1) is 0 Å². The second-order valence-corrected chi connectivity index (χ2v) is 4.50. The number of benzene rings is 2. The molecule has 0 radical (unpaired) electrons. The van der Waals surface area contributed by atoms with Crippen LogP contribution in [0, 0.1) is 0 Å². The lowest BCUT2D eigenvalue weighted by molar-refractivity contribution is 0.112. The molecule has 0 atom stereocenters. The molecule has 2 nitrogen and oxygen atoms in total. The fourth-order valence-electron chi connectivity index (χ4n) is 1.80. The summed E-state index contributed by atoms with van der Waals surface area (Å²) in [6.07, 6.45) is 4.83. The van der Waals surface area contributed by atoms with Gasteiger partial charge >= 0.3 is 0 Å². The van der Waals surface area contributed by atoms with E-state index in [4.69, 9.17) is 5.11 Å². The van der Waals surface area contributed by atoms with Gasteiger partial charge in [0.1, 0.15) is 6.29 Å². The molecular weight excluding hydrogens is 248 g/mol. The average molecular weight is 264 g/mol. The molecule has 0 saturated carbocycles. The van der Waals surface area contributed by atoms with E-state index in [0.717, 1.165) is 23.0 Å². The molecule has 0 bridgehead atoms. The van der Waals surface area contributed by atoms with Crippen LogP contribution in [0.5, 0.6) is 0 Å². The van der Waals surface area contributed by atoms with Crippen LogP contribution < -0.4 is 0 Å². The fraction of sp³-hybridized carbons (Fsp3) is 0.0556. The Morgan fingerprint density at radius 2 is 1.35 bits per heavy atom. The van der Waals surface area contributed by atoms with Crippen LogP contribution in [0.25, 0.3) is 17.7 Å². The Labute approximate surface area is 118 Å². The van der Waals surface area contributed by atoms with E-state index in [2.05, 4.69) is 6.58 Å². The molecule has 1 N–H and O–H groups in total. The summed E-state index contributed by atoms with van der Waals surface area (Å²) >= 11 is 0. The lowest BCUT2D eigenvalue weighted by atomic mass is 10.1. The van der Waals surface area contributed by atoms with E-state index in [-0.39, 0.29) is 6.61 Å². The third-order valence-electron chi connectivity index (χ3n) is 3.05. The van der Waals surface area contributed by atoms with E-state index in [1.807, 2.05) is 48.6 Å². The van der Waals surface area contributed by atoms with Crippen LogP contribution >= 0.6 is 0 Å². The topological polar surface area (TPSA) is 37.3 Å². The molecule has 2 rings (SSSR count). The third kappa shape index (κ3) is 3.53. The van der Waals surface area contributed by atoms with Crippen LogP contribution in [0.1, 0.15) is 27.0 Å². The summed E-state index contributed by atoms with van der Waals surface area (Å²) in [6, 6.07) is 15.2. The van der Waals surface area contributed by atoms with Crippen molar-refractivity contribution < 1.29 is 9.90 Å². The molecule has 0 fully saturated rings. The molecule has 0 aliphatic carbocycles. The number of carbonyl (C=O) groups is 1. The standard InChI is InChI=1S/C18H16O2/c1-14(12-19)18-10-8-16(9-11-18)3-2-15-4-6-17(13-20)7-5-15/h2-11,13,19H,1,12H2. The quantitative estimate of drug-likeness (QED) is 0.660. The molecule has 0 unspecified atom stereocenters. The van der Waals surface area contributed by atoms with E-state index in [1.54, 1.807) is 12.1 Å². The summed E-state index contributed by atoms with van der Waals surface area (Å²) in [5, 5.41) is 9.01. The Bertz CT molecular complexity index is 619. The van der Waals surface area contributed by atoms with Crippen LogP contribution in [0.2, 0.25) is 0 Å². The van der Waals surface area contributed by atoms with Gasteiger partial charge < -0.3 is 5.11 Å². The van der Waals surface area contributed by atoms with Gasteiger partial charge in [-0.25, -0.2) is 0 Å². The van der Waals surface area contributed by atoms with Crippen molar-refractivity contribution in [2.75, 3.05) is 6.61 Å². The smallest absolute Gasteiger partial charge is 0.150 e. The largest absolute Gasteiger partial charge is 0.392 e. The fourth-order valence-corrected chi connectivity index (χ4v) is 1.80. The van der Waals surface area contributed by atoms with Crippen LogP contribution in [0.3, 0.4) is 0 Å². The first kappa shape index (κ1) is 14.0. The molecule has 0 saturated heterocycles. The molecular formula is C18H16O2. The molecule has 2 aromatic carbocycles. The van der Waals surface area contributed by atoms with Crippen molar-refractivity contribution >= 4 is 24.0 Å². The van der Waals surface area contributed by atoms with Crippen molar-refractivity contribution in [2.45, 2.75) is 0 Å². The van der Waals surface area contributed by atoms with E-state index in [1.165, 1.54) is 0 Å². The lowest BCUT2D eigenvalue weighted by Gasteiger charge is -2.02. The van der Waals surface area contributed by atoms with Gasteiger partial charge in [0.25, 0.3) is 0 Å². The maximum absolute atomic E-state index is 10.6. The Hall–Kier alpha value is -2.45. The highest BCUT2D eigenvalue weighted by Gasteiger charge is 1.96. The van der Waals surface area contributed by atoms with Gasteiger partial charge in [-0.1, -0.05) is 67.3 Å². The minimum absolute atomic E-state index is 0.0295. The molecule has 0 amide bonds. The second-order valence-electron chi connectivity index (χ2n) is 4.50. The SMILES string of the molecule is C=C(CO)c1ccc(C=Cc2ccc(C=O)cc2)cc1. The Kier molecular flexibility index (Phi) is 4.64. The van der Waals surface area contributed by atoms with Crippen molar-refractivity contribution in [3.63, 3.8) is 0 Å². The first-order valence-corrected chi connectivity index (χ1v) is 6.35. The van der Waals surface area contributed by atoms with E-state index in [9.17, 15) is 4.79 Å². The van der Waals surface area contributed by atoms with Crippen molar-refractivity contribution in [1.29, 1.82) is 0 Å². The number of hydrogen-bond donors (Lipinski definition) is 1. The Balaban J connectivity index is 2.10. The summed E-state index contributed by atoms with van der Waals surface area (Å²) in [4.78, 5) is 10.6. The monoisotopic (exact) mass is 264 g/mol. The van der Waals surface area contributed by atoms with Gasteiger partial charge in [0, 0.05) is 5.56 Å². The van der Waals surface area contributed by atoms with Gasteiger partial charge in [-0.05, 0) is 22.3 Å². The predicted octanol–water partition coefficient (Wildman–Crippen LogP) is 3.68. The first-order chi connectivity index (χ1) is 9.72. The summed E-state index contributed by atoms with van der Waals surface area (Å²) in [7, 11) is 0. The van der Waals surface area contributed by atoms with Crippen molar-refractivity contribution in [2.24, 2.45) is 0 Å². The summed E-state index contributed by atoms with van der Waals surface area (Å²) in [5.74, 6) is 0. The minimum Gasteiger partial charge on any atom is -0.392 e. The molecule has 100 valence electrons. The summed E-state index contributed by atoms with van der Waals surface area (Å²) < 4.78 is 0. The third-order valence-corrected chi connectivity index (χ3v) is 3.05. The van der Waals surface area contributed by atoms with E-state index >= 15 is 0 Å². The van der Waals surface area contributed by atoms with Crippen LogP contribution in [-0.4, -0.2) is 18.0 Å². The molecule has 0 aromatic heterocycles. The zero-order chi connectivity index (χ0) is 14.4.